The molecule has 3 rings (SSSR count). The van der Waals surface area contributed by atoms with Crippen molar-refractivity contribution in [1.82, 2.24) is 14.9 Å². The maximum atomic E-state index is 12.4. The van der Waals surface area contributed by atoms with Gasteiger partial charge in [0.1, 0.15) is 4.88 Å². The maximum absolute atomic E-state index is 12.4. The number of carbonyl (C=O) groups excluding carboxylic acids is 2. The second-order valence-corrected chi connectivity index (χ2v) is 6.79. The number of halogens is 1. The Kier molecular flexibility index (Phi) is 5.11. The Labute approximate surface area is 149 Å². The van der Waals surface area contributed by atoms with Crippen LogP contribution in [0.3, 0.4) is 0 Å². The van der Waals surface area contributed by atoms with Gasteiger partial charge in [0.2, 0.25) is 5.91 Å². The first-order valence-electron chi connectivity index (χ1n) is 7.77. The molecule has 2 aromatic rings. The second kappa shape index (κ2) is 7.27. The zero-order chi connectivity index (χ0) is 17.1. The normalized spacial score (nSPS) is 17.3. The topological polar surface area (TPSA) is 75.2 Å². The van der Waals surface area contributed by atoms with Crippen molar-refractivity contribution < 1.29 is 9.59 Å². The number of anilines is 1. The summed E-state index contributed by atoms with van der Waals surface area (Å²) < 4.78 is 3.86. The van der Waals surface area contributed by atoms with Crippen molar-refractivity contribution in [2.75, 3.05) is 11.4 Å². The Morgan fingerprint density at radius 1 is 1.46 bits per heavy atom. The monoisotopic (exact) mass is 364 g/mol. The van der Waals surface area contributed by atoms with E-state index in [1.54, 1.807) is 17.0 Å². The van der Waals surface area contributed by atoms with Crippen LogP contribution in [0.25, 0.3) is 0 Å². The molecule has 2 heterocycles. The lowest BCUT2D eigenvalue weighted by Crippen LogP contribution is -2.37. The number of hydrogen-bond acceptors (Lipinski definition) is 5. The van der Waals surface area contributed by atoms with Crippen molar-refractivity contribution in [3.05, 3.63) is 39.9 Å². The van der Waals surface area contributed by atoms with Crippen LogP contribution in [0, 0.1) is 0 Å². The lowest BCUT2D eigenvalue weighted by Gasteiger charge is -2.18. The standard InChI is InChI=1S/C16H17ClN4O2S/c1-2-5-12-15(24-20-19-12)16(23)18-10-8-14(22)21(9-10)13-7-4-3-6-11(13)17/h3-4,6-7,10H,2,5,8-9H2,1H3,(H,18,23)/t10-/m0/s1. The summed E-state index contributed by atoms with van der Waals surface area (Å²) in [5.41, 5.74) is 1.39. The molecular formula is C16H17ClN4O2S. The van der Waals surface area contributed by atoms with E-state index in [9.17, 15) is 9.59 Å². The van der Waals surface area contributed by atoms with Gasteiger partial charge in [0.15, 0.2) is 0 Å². The van der Waals surface area contributed by atoms with Crippen LogP contribution in [0.2, 0.25) is 5.02 Å². The zero-order valence-corrected chi connectivity index (χ0v) is 14.7. The molecular weight excluding hydrogens is 348 g/mol. The maximum Gasteiger partial charge on any atom is 0.265 e. The van der Waals surface area contributed by atoms with Gasteiger partial charge in [0.25, 0.3) is 5.91 Å². The molecule has 1 N–H and O–H groups in total. The molecule has 2 amide bonds. The van der Waals surface area contributed by atoms with Crippen molar-refractivity contribution in [3.8, 4) is 0 Å². The molecule has 0 unspecified atom stereocenters. The van der Waals surface area contributed by atoms with Crippen LogP contribution in [0.15, 0.2) is 24.3 Å². The van der Waals surface area contributed by atoms with E-state index in [1.165, 1.54) is 0 Å². The van der Waals surface area contributed by atoms with Crippen molar-refractivity contribution >= 4 is 40.6 Å². The Balaban J connectivity index is 1.69. The molecule has 1 aliphatic heterocycles. The fraction of sp³-hybridized carbons (Fsp3) is 0.375. The third-order valence-corrected chi connectivity index (χ3v) is 4.94. The fourth-order valence-corrected chi connectivity index (χ4v) is 3.59. The number of para-hydroxylation sites is 1. The Hall–Kier alpha value is -1.99. The lowest BCUT2D eigenvalue weighted by atomic mass is 10.2. The highest BCUT2D eigenvalue weighted by molar-refractivity contribution is 7.08. The number of nitrogens with one attached hydrogen (secondary N) is 1. The molecule has 24 heavy (non-hydrogen) atoms. The van der Waals surface area contributed by atoms with E-state index < -0.39 is 0 Å². The van der Waals surface area contributed by atoms with Crippen molar-refractivity contribution in [3.63, 3.8) is 0 Å². The highest BCUT2D eigenvalue weighted by atomic mass is 35.5. The first-order chi connectivity index (χ1) is 11.6. The van der Waals surface area contributed by atoms with E-state index in [0.29, 0.717) is 34.2 Å². The molecule has 0 aliphatic carbocycles. The summed E-state index contributed by atoms with van der Waals surface area (Å²) in [6.45, 7) is 2.43. The zero-order valence-electron chi connectivity index (χ0n) is 13.2. The molecule has 0 radical (unpaired) electrons. The molecule has 8 heteroatoms. The minimum atomic E-state index is -0.252. The van der Waals surface area contributed by atoms with Gasteiger partial charge in [-0.1, -0.05) is 41.6 Å². The summed E-state index contributed by atoms with van der Waals surface area (Å²) in [6, 6.07) is 6.95. The van der Waals surface area contributed by atoms with E-state index in [2.05, 4.69) is 14.9 Å². The third-order valence-electron chi connectivity index (χ3n) is 3.85. The predicted octanol–water partition coefficient (Wildman–Crippen LogP) is 2.68. The summed E-state index contributed by atoms with van der Waals surface area (Å²) >= 11 is 7.25. The largest absolute Gasteiger partial charge is 0.346 e. The lowest BCUT2D eigenvalue weighted by molar-refractivity contribution is -0.117. The average Bonchev–Trinajstić information content (AvgIpc) is 3.15. The van der Waals surface area contributed by atoms with E-state index >= 15 is 0 Å². The fourth-order valence-electron chi connectivity index (χ4n) is 2.74. The molecule has 1 aromatic heterocycles. The summed E-state index contributed by atoms with van der Waals surface area (Å²) in [5.74, 6) is -0.267. The quantitative estimate of drug-likeness (QED) is 0.885. The molecule has 0 bridgehead atoms. The SMILES string of the molecule is CCCc1nnsc1C(=O)N[C@H]1CC(=O)N(c2ccccc2Cl)C1. The molecule has 1 aromatic carbocycles. The van der Waals surface area contributed by atoms with Crippen LogP contribution >= 0.6 is 23.1 Å². The van der Waals surface area contributed by atoms with Gasteiger partial charge in [0, 0.05) is 13.0 Å². The summed E-state index contributed by atoms with van der Waals surface area (Å²) in [4.78, 5) is 26.9. The van der Waals surface area contributed by atoms with Crippen LogP contribution in [0.1, 0.15) is 35.1 Å². The second-order valence-electron chi connectivity index (χ2n) is 5.63. The van der Waals surface area contributed by atoms with E-state index in [0.717, 1.165) is 18.0 Å². The van der Waals surface area contributed by atoms with Gasteiger partial charge in [-0.25, -0.2) is 0 Å². The molecule has 1 atom stereocenters. The number of nitrogens with zero attached hydrogens (tertiary/aromatic N) is 3. The highest BCUT2D eigenvalue weighted by Crippen LogP contribution is 2.29. The van der Waals surface area contributed by atoms with E-state index in [4.69, 9.17) is 11.6 Å². The number of aryl methyl sites for hydroxylation is 1. The smallest absolute Gasteiger partial charge is 0.265 e. The molecule has 1 saturated heterocycles. The number of amides is 2. The number of benzene rings is 1. The van der Waals surface area contributed by atoms with Gasteiger partial charge >= 0.3 is 0 Å². The first kappa shape index (κ1) is 16.9. The molecule has 1 aliphatic rings. The third kappa shape index (κ3) is 3.42. The van der Waals surface area contributed by atoms with Crippen LogP contribution < -0.4 is 10.2 Å². The molecule has 1 fully saturated rings. The molecule has 0 spiro atoms. The minimum Gasteiger partial charge on any atom is -0.346 e. The van der Waals surface area contributed by atoms with Crippen molar-refractivity contribution in [1.29, 1.82) is 0 Å². The van der Waals surface area contributed by atoms with E-state index in [-0.39, 0.29) is 24.3 Å². The van der Waals surface area contributed by atoms with Crippen LogP contribution in [-0.2, 0) is 11.2 Å². The van der Waals surface area contributed by atoms with Crippen LogP contribution in [-0.4, -0.2) is 34.0 Å². The average molecular weight is 365 g/mol. The number of aromatic nitrogens is 2. The Morgan fingerprint density at radius 2 is 2.25 bits per heavy atom. The van der Waals surface area contributed by atoms with Gasteiger partial charge in [-0.15, -0.1) is 5.10 Å². The number of rotatable bonds is 5. The van der Waals surface area contributed by atoms with Gasteiger partial charge in [-0.2, -0.15) is 0 Å². The summed E-state index contributed by atoms with van der Waals surface area (Å²) in [6.07, 6.45) is 1.87. The van der Waals surface area contributed by atoms with Crippen molar-refractivity contribution in [2.45, 2.75) is 32.2 Å². The van der Waals surface area contributed by atoms with Crippen LogP contribution in [0.4, 0.5) is 5.69 Å². The Bertz CT molecular complexity index is 764. The summed E-state index contributed by atoms with van der Waals surface area (Å²) in [7, 11) is 0. The Morgan fingerprint density at radius 3 is 3.00 bits per heavy atom. The van der Waals surface area contributed by atoms with E-state index in [1.807, 2.05) is 19.1 Å². The van der Waals surface area contributed by atoms with Gasteiger partial charge < -0.3 is 10.2 Å². The van der Waals surface area contributed by atoms with Crippen LogP contribution in [0.5, 0.6) is 0 Å². The molecule has 6 nitrogen and oxygen atoms in total. The molecule has 126 valence electrons. The first-order valence-corrected chi connectivity index (χ1v) is 8.92. The van der Waals surface area contributed by atoms with Gasteiger partial charge in [0.05, 0.1) is 22.4 Å². The highest BCUT2D eigenvalue weighted by Gasteiger charge is 2.33. The van der Waals surface area contributed by atoms with Gasteiger partial charge in [-0.05, 0) is 30.1 Å². The number of carbonyl (C=O) groups is 2. The minimum absolute atomic E-state index is 0.0513. The van der Waals surface area contributed by atoms with Gasteiger partial charge in [-0.3, -0.25) is 9.59 Å². The predicted molar refractivity (Wildman–Crippen MR) is 93.6 cm³/mol. The number of hydrogen-bond donors (Lipinski definition) is 1. The molecule has 0 saturated carbocycles. The van der Waals surface area contributed by atoms with Crippen molar-refractivity contribution in [2.24, 2.45) is 0 Å². The summed E-state index contributed by atoms with van der Waals surface area (Å²) in [5, 5.41) is 7.44.